The van der Waals surface area contributed by atoms with Crippen molar-refractivity contribution < 1.29 is 4.79 Å². The zero-order chi connectivity index (χ0) is 13.1. The van der Waals surface area contributed by atoms with Gasteiger partial charge in [0.25, 0.3) is 5.91 Å². The quantitative estimate of drug-likeness (QED) is 0.846. The first kappa shape index (κ1) is 13.1. The van der Waals surface area contributed by atoms with Crippen LogP contribution in [0.15, 0.2) is 41.0 Å². The van der Waals surface area contributed by atoms with Crippen LogP contribution in [0.25, 0.3) is 0 Å². The van der Waals surface area contributed by atoms with Crippen molar-refractivity contribution in [2.75, 3.05) is 5.32 Å². The van der Waals surface area contributed by atoms with Crippen LogP contribution < -0.4 is 5.32 Å². The van der Waals surface area contributed by atoms with Gasteiger partial charge in [-0.3, -0.25) is 4.79 Å². The Hall–Kier alpha value is -1.39. The van der Waals surface area contributed by atoms with E-state index in [2.05, 4.69) is 26.2 Å². The fraction of sp³-hybridized carbons (Fsp3) is 0.0769. The minimum Gasteiger partial charge on any atom is -0.322 e. The molecule has 1 N–H and O–H groups in total. The van der Waals surface area contributed by atoms with Gasteiger partial charge in [0.2, 0.25) is 0 Å². The first-order valence-corrected chi connectivity index (χ1v) is 6.42. The third kappa shape index (κ3) is 3.31. The summed E-state index contributed by atoms with van der Waals surface area (Å²) >= 11 is 9.13. The highest BCUT2D eigenvalue weighted by Gasteiger charge is 2.07. The molecule has 0 saturated carbocycles. The Balaban J connectivity index is 2.21. The molecule has 0 unspecified atom stereocenters. The summed E-state index contributed by atoms with van der Waals surface area (Å²) in [5.41, 5.74) is 2.28. The van der Waals surface area contributed by atoms with Crippen LogP contribution in [0.2, 0.25) is 5.15 Å². The van der Waals surface area contributed by atoms with E-state index in [1.807, 2.05) is 25.1 Å². The number of nitrogens with zero attached hydrogens (tertiary/aromatic N) is 1. The van der Waals surface area contributed by atoms with Gasteiger partial charge in [-0.1, -0.05) is 27.5 Å². The molecule has 0 atom stereocenters. The molecule has 0 radical (unpaired) electrons. The molecule has 0 fully saturated rings. The first-order valence-electron chi connectivity index (χ1n) is 5.25. The summed E-state index contributed by atoms with van der Waals surface area (Å²) in [5.74, 6) is -0.211. The number of aromatic nitrogens is 1. The zero-order valence-electron chi connectivity index (χ0n) is 9.58. The van der Waals surface area contributed by atoms with Crippen molar-refractivity contribution in [3.05, 3.63) is 57.3 Å². The number of pyridine rings is 1. The number of benzene rings is 1. The number of anilines is 1. The average molecular weight is 326 g/mol. The second-order valence-corrected chi connectivity index (χ2v) is 5.14. The third-order valence-corrected chi connectivity index (χ3v) is 2.95. The number of aryl methyl sites for hydroxylation is 1. The van der Waals surface area contributed by atoms with E-state index in [9.17, 15) is 4.79 Å². The third-order valence-electron chi connectivity index (χ3n) is 2.29. The molecule has 0 aliphatic carbocycles. The van der Waals surface area contributed by atoms with Gasteiger partial charge in [-0.25, -0.2) is 4.98 Å². The monoisotopic (exact) mass is 324 g/mol. The second kappa shape index (κ2) is 5.50. The van der Waals surface area contributed by atoms with E-state index in [0.29, 0.717) is 10.7 Å². The maximum Gasteiger partial charge on any atom is 0.255 e. The topological polar surface area (TPSA) is 42.0 Å². The van der Waals surface area contributed by atoms with Gasteiger partial charge in [0.05, 0.1) is 0 Å². The van der Waals surface area contributed by atoms with Gasteiger partial charge in [-0.05, 0) is 42.8 Å². The lowest BCUT2D eigenvalue weighted by atomic mass is 10.2. The Morgan fingerprint density at radius 2 is 2.11 bits per heavy atom. The summed E-state index contributed by atoms with van der Waals surface area (Å²) in [7, 11) is 0. The number of rotatable bonds is 2. The van der Waals surface area contributed by atoms with Crippen molar-refractivity contribution in [3.63, 3.8) is 0 Å². The van der Waals surface area contributed by atoms with Crippen molar-refractivity contribution in [3.8, 4) is 0 Å². The Kier molecular flexibility index (Phi) is 3.99. The number of hydrogen-bond donors (Lipinski definition) is 1. The minimum absolute atomic E-state index is 0.211. The van der Waals surface area contributed by atoms with Gasteiger partial charge < -0.3 is 5.32 Å². The standard InChI is InChI=1S/C13H10BrClN2O/c1-8-4-10(14)7-11(5-8)17-13(18)9-2-3-16-12(15)6-9/h2-7H,1H3,(H,17,18). The lowest BCUT2D eigenvalue weighted by molar-refractivity contribution is 0.102. The fourth-order valence-electron chi connectivity index (χ4n) is 1.56. The van der Waals surface area contributed by atoms with Gasteiger partial charge in [-0.15, -0.1) is 0 Å². The minimum atomic E-state index is -0.211. The van der Waals surface area contributed by atoms with Gasteiger partial charge in [-0.2, -0.15) is 0 Å². The van der Waals surface area contributed by atoms with E-state index in [4.69, 9.17) is 11.6 Å². The van der Waals surface area contributed by atoms with Crippen molar-refractivity contribution in [1.82, 2.24) is 4.98 Å². The Morgan fingerprint density at radius 3 is 2.78 bits per heavy atom. The van der Waals surface area contributed by atoms with E-state index in [1.54, 1.807) is 6.07 Å². The predicted molar refractivity (Wildman–Crippen MR) is 76.1 cm³/mol. The molecule has 0 spiro atoms. The van der Waals surface area contributed by atoms with Crippen LogP contribution in [0.3, 0.4) is 0 Å². The largest absolute Gasteiger partial charge is 0.322 e. The summed E-state index contributed by atoms with van der Waals surface area (Å²) < 4.78 is 0.922. The molecule has 1 aromatic carbocycles. The van der Waals surface area contributed by atoms with E-state index in [-0.39, 0.29) is 5.91 Å². The predicted octanol–water partition coefficient (Wildman–Crippen LogP) is 4.06. The molecule has 5 heteroatoms. The molecule has 3 nitrogen and oxygen atoms in total. The highest BCUT2D eigenvalue weighted by Crippen LogP contribution is 2.20. The summed E-state index contributed by atoms with van der Waals surface area (Å²) in [4.78, 5) is 15.8. The van der Waals surface area contributed by atoms with Gasteiger partial charge in [0.1, 0.15) is 5.15 Å². The molecule has 92 valence electrons. The van der Waals surface area contributed by atoms with Crippen molar-refractivity contribution >= 4 is 39.1 Å². The van der Waals surface area contributed by atoms with Crippen LogP contribution in [0, 0.1) is 6.92 Å². The van der Waals surface area contributed by atoms with E-state index in [0.717, 1.165) is 15.7 Å². The van der Waals surface area contributed by atoms with E-state index in [1.165, 1.54) is 12.3 Å². The van der Waals surface area contributed by atoms with E-state index < -0.39 is 0 Å². The molecule has 0 saturated heterocycles. The Labute approximate surface area is 118 Å². The number of hydrogen-bond acceptors (Lipinski definition) is 2. The number of carbonyl (C=O) groups is 1. The summed E-state index contributed by atoms with van der Waals surface area (Å²) in [6.07, 6.45) is 1.50. The van der Waals surface area contributed by atoms with Crippen molar-refractivity contribution in [1.29, 1.82) is 0 Å². The summed E-state index contributed by atoms with van der Waals surface area (Å²) in [6.45, 7) is 1.96. The zero-order valence-corrected chi connectivity index (χ0v) is 11.9. The van der Waals surface area contributed by atoms with Gasteiger partial charge in [0.15, 0.2) is 0 Å². The maximum atomic E-state index is 12.0. The maximum absolute atomic E-state index is 12.0. The van der Waals surface area contributed by atoms with Gasteiger partial charge in [0, 0.05) is 21.9 Å². The molecule has 0 aliphatic rings. The Morgan fingerprint density at radius 1 is 1.33 bits per heavy atom. The molecule has 2 rings (SSSR count). The number of carbonyl (C=O) groups excluding carboxylic acids is 1. The molecule has 18 heavy (non-hydrogen) atoms. The van der Waals surface area contributed by atoms with Crippen LogP contribution in [0.4, 0.5) is 5.69 Å². The van der Waals surface area contributed by atoms with Crippen LogP contribution in [-0.4, -0.2) is 10.9 Å². The van der Waals surface area contributed by atoms with Crippen LogP contribution >= 0.6 is 27.5 Å². The fourth-order valence-corrected chi connectivity index (χ4v) is 2.34. The van der Waals surface area contributed by atoms with Crippen LogP contribution in [-0.2, 0) is 0 Å². The smallest absolute Gasteiger partial charge is 0.255 e. The summed E-state index contributed by atoms with van der Waals surface area (Å²) in [6, 6.07) is 8.85. The van der Waals surface area contributed by atoms with Crippen molar-refractivity contribution in [2.45, 2.75) is 6.92 Å². The average Bonchev–Trinajstić information content (AvgIpc) is 2.27. The molecule has 0 aliphatic heterocycles. The Bertz CT molecular complexity index is 581. The highest BCUT2D eigenvalue weighted by atomic mass is 79.9. The van der Waals surface area contributed by atoms with Crippen LogP contribution in [0.5, 0.6) is 0 Å². The lowest BCUT2D eigenvalue weighted by Crippen LogP contribution is -2.12. The normalized spacial score (nSPS) is 10.2. The lowest BCUT2D eigenvalue weighted by Gasteiger charge is -2.07. The number of amides is 1. The molecule has 1 amide bonds. The molecular formula is C13H10BrClN2O. The van der Waals surface area contributed by atoms with E-state index >= 15 is 0 Å². The first-order chi connectivity index (χ1) is 8.54. The number of halogens is 2. The second-order valence-electron chi connectivity index (χ2n) is 3.84. The summed E-state index contributed by atoms with van der Waals surface area (Å²) in [5, 5.41) is 3.11. The highest BCUT2D eigenvalue weighted by molar-refractivity contribution is 9.10. The number of nitrogens with one attached hydrogen (secondary N) is 1. The molecule has 1 heterocycles. The molecule has 1 aromatic heterocycles. The molecule has 2 aromatic rings. The van der Waals surface area contributed by atoms with Gasteiger partial charge >= 0.3 is 0 Å². The van der Waals surface area contributed by atoms with Crippen LogP contribution in [0.1, 0.15) is 15.9 Å². The molecule has 0 bridgehead atoms. The molecular weight excluding hydrogens is 316 g/mol. The SMILES string of the molecule is Cc1cc(Br)cc(NC(=O)c2ccnc(Cl)c2)c1. The van der Waals surface area contributed by atoms with Crippen molar-refractivity contribution in [2.24, 2.45) is 0 Å².